The molecule has 4 unspecified atom stereocenters. The second-order valence-electron chi connectivity index (χ2n) is 5.91. The van der Waals surface area contributed by atoms with E-state index in [1.807, 2.05) is 5.32 Å². The van der Waals surface area contributed by atoms with Crippen molar-refractivity contribution < 1.29 is 34.5 Å². The third-order valence-electron chi connectivity index (χ3n) is 3.68. The first-order valence-corrected chi connectivity index (χ1v) is 8.28. The second kappa shape index (κ2) is 11.0. The van der Waals surface area contributed by atoms with Crippen molar-refractivity contribution in [2.45, 2.75) is 37.6 Å². The van der Waals surface area contributed by atoms with Crippen molar-refractivity contribution in [1.29, 1.82) is 0 Å². The standard InChI is InChI=1S/C15H24N6O7/c1-7(23)12(15(27)28)21-14(26)10(5-22)20-13(25)9(19-11(24)3-16)2-8-4-17-6-18-8/h4,6-7,9-10,12,22-23H,2-3,5,16H2,1H3,(H,17,18)(H,19,24)(H,20,25)(H,21,26)(H,27,28). The molecule has 0 fully saturated rings. The Morgan fingerprint density at radius 1 is 1.18 bits per heavy atom. The lowest BCUT2D eigenvalue weighted by molar-refractivity contribution is -0.145. The number of rotatable bonds is 11. The minimum Gasteiger partial charge on any atom is -0.480 e. The molecule has 13 nitrogen and oxygen atoms in total. The van der Waals surface area contributed by atoms with Crippen LogP contribution in [0.2, 0.25) is 0 Å². The number of carboxylic acids is 1. The predicted octanol–water partition coefficient (Wildman–Crippen LogP) is -4.18. The summed E-state index contributed by atoms with van der Waals surface area (Å²) in [6, 6.07) is -4.27. The van der Waals surface area contributed by atoms with Gasteiger partial charge >= 0.3 is 5.97 Å². The highest BCUT2D eigenvalue weighted by atomic mass is 16.4. The Morgan fingerprint density at radius 3 is 2.29 bits per heavy atom. The topological polar surface area (TPSA) is 220 Å². The van der Waals surface area contributed by atoms with Crippen molar-refractivity contribution >= 4 is 23.7 Å². The number of hydrogen-bond acceptors (Lipinski definition) is 8. The molecule has 0 radical (unpaired) electrons. The molecule has 0 aromatic carbocycles. The van der Waals surface area contributed by atoms with Crippen molar-refractivity contribution in [2.75, 3.05) is 13.2 Å². The Morgan fingerprint density at radius 2 is 1.82 bits per heavy atom. The number of aliphatic hydroxyl groups excluding tert-OH is 2. The van der Waals surface area contributed by atoms with E-state index in [9.17, 15) is 29.4 Å². The summed E-state index contributed by atoms with van der Waals surface area (Å²) >= 11 is 0. The molecule has 9 N–H and O–H groups in total. The Hall–Kier alpha value is -3.03. The molecule has 0 saturated heterocycles. The van der Waals surface area contributed by atoms with Crippen LogP contribution in [0.3, 0.4) is 0 Å². The van der Waals surface area contributed by atoms with E-state index in [4.69, 9.17) is 10.8 Å². The lowest BCUT2D eigenvalue weighted by Crippen LogP contribution is -2.59. The molecule has 156 valence electrons. The zero-order valence-electron chi connectivity index (χ0n) is 15.1. The van der Waals surface area contributed by atoms with Gasteiger partial charge in [-0.3, -0.25) is 14.4 Å². The van der Waals surface area contributed by atoms with Gasteiger partial charge in [-0.05, 0) is 6.92 Å². The number of aromatic amines is 1. The summed E-state index contributed by atoms with van der Waals surface area (Å²) in [6.07, 6.45) is 1.41. The summed E-state index contributed by atoms with van der Waals surface area (Å²) < 4.78 is 0. The SMILES string of the molecule is CC(O)C(NC(=O)C(CO)NC(=O)C(Cc1cnc[nH]1)NC(=O)CN)C(=O)O. The molecule has 1 aromatic heterocycles. The van der Waals surface area contributed by atoms with E-state index in [-0.39, 0.29) is 13.0 Å². The largest absolute Gasteiger partial charge is 0.480 e. The Labute approximate surface area is 159 Å². The van der Waals surface area contributed by atoms with Crippen molar-refractivity contribution in [1.82, 2.24) is 25.9 Å². The van der Waals surface area contributed by atoms with Gasteiger partial charge in [0.1, 0.15) is 12.1 Å². The van der Waals surface area contributed by atoms with Crippen LogP contribution in [0.15, 0.2) is 12.5 Å². The van der Waals surface area contributed by atoms with Gasteiger partial charge in [-0.15, -0.1) is 0 Å². The summed E-state index contributed by atoms with van der Waals surface area (Å²) in [6.45, 7) is -0.0505. The fraction of sp³-hybridized carbons (Fsp3) is 0.533. The molecule has 1 aromatic rings. The van der Waals surface area contributed by atoms with Gasteiger partial charge in [-0.1, -0.05) is 0 Å². The highest BCUT2D eigenvalue weighted by Crippen LogP contribution is 2.01. The van der Waals surface area contributed by atoms with Gasteiger partial charge in [0.15, 0.2) is 6.04 Å². The molecule has 0 aliphatic heterocycles. The summed E-state index contributed by atoms with van der Waals surface area (Å²) in [5, 5.41) is 34.4. The maximum atomic E-state index is 12.5. The summed E-state index contributed by atoms with van der Waals surface area (Å²) in [5.41, 5.74) is 5.75. The second-order valence-corrected chi connectivity index (χ2v) is 5.91. The Balaban J connectivity index is 2.84. The van der Waals surface area contributed by atoms with Crippen molar-refractivity contribution in [3.8, 4) is 0 Å². The molecule has 1 heterocycles. The van der Waals surface area contributed by atoms with Crippen LogP contribution in [-0.2, 0) is 25.6 Å². The third-order valence-corrected chi connectivity index (χ3v) is 3.68. The Bertz CT molecular complexity index is 678. The van der Waals surface area contributed by atoms with Crippen LogP contribution in [0.1, 0.15) is 12.6 Å². The maximum Gasteiger partial charge on any atom is 0.328 e. The number of carbonyl (C=O) groups excluding carboxylic acids is 3. The Kier molecular flexibility index (Phi) is 9.01. The van der Waals surface area contributed by atoms with Crippen LogP contribution in [0.5, 0.6) is 0 Å². The van der Waals surface area contributed by atoms with E-state index in [1.54, 1.807) is 0 Å². The quantitative estimate of drug-likeness (QED) is 0.180. The van der Waals surface area contributed by atoms with E-state index < -0.39 is 54.5 Å². The summed E-state index contributed by atoms with van der Waals surface area (Å²) in [7, 11) is 0. The summed E-state index contributed by atoms with van der Waals surface area (Å²) in [4.78, 5) is 53.8. The lowest BCUT2D eigenvalue weighted by Gasteiger charge is -2.24. The molecule has 0 aliphatic rings. The van der Waals surface area contributed by atoms with Crippen LogP contribution in [-0.4, -0.2) is 86.4 Å². The maximum absolute atomic E-state index is 12.5. The first-order chi connectivity index (χ1) is 13.2. The molecule has 3 amide bonds. The zero-order valence-corrected chi connectivity index (χ0v) is 15.1. The fourth-order valence-corrected chi connectivity index (χ4v) is 2.19. The first-order valence-electron chi connectivity index (χ1n) is 8.28. The number of aliphatic carboxylic acids is 1. The smallest absolute Gasteiger partial charge is 0.328 e. The number of H-pyrrole nitrogens is 1. The number of imidazole rings is 1. The van der Waals surface area contributed by atoms with Crippen molar-refractivity contribution in [3.63, 3.8) is 0 Å². The number of carbonyl (C=O) groups is 4. The molecular formula is C15H24N6O7. The molecule has 0 spiro atoms. The van der Waals surface area contributed by atoms with Crippen LogP contribution in [0.25, 0.3) is 0 Å². The average molecular weight is 400 g/mol. The first kappa shape index (κ1) is 23.0. The highest BCUT2D eigenvalue weighted by Gasteiger charge is 2.31. The normalized spacial score (nSPS) is 15.0. The fourth-order valence-electron chi connectivity index (χ4n) is 2.19. The minimum atomic E-state index is -1.63. The lowest BCUT2D eigenvalue weighted by atomic mass is 10.1. The van der Waals surface area contributed by atoms with Gasteiger partial charge in [-0.25, -0.2) is 9.78 Å². The van der Waals surface area contributed by atoms with Crippen molar-refractivity contribution in [3.05, 3.63) is 18.2 Å². The zero-order chi connectivity index (χ0) is 21.3. The van der Waals surface area contributed by atoms with Gasteiger partial charge in [0.25, 0.3) is 0 Å². The van der Waals surface area contributed by atoms with Gasteiger partial charge < -0.3 is 42.0 Å². The van der Waals surface area contributed by atoms with Gasteiger partial charge in [-0.2, -0.15) is 0 Å². The van der Waals surface area contributed by atoms with E-state index in [0.717, 1.165) is 6.92 Å². The van der Waals surface area contributed by atoms with E-state index in [0.29, 0.717) is 5.69 Å². The van der Waals surface area contributed by atoms with Crippen molar-refractivity contribution in [2.24, 2.45) is 5.73 Å². The van der Waals surface area contributed by atoms with Gasteiger partial charge in [0, 0.05) is 18.3 Å². The number of nitrogens with zero attached hydrogens (tertiary/aromatic N) is 1. The molecule has 13 heteroatoms. The van der Waals surface area contributed by atoms with Crippen LogP contribution < -0.4 is 21.7 Å². The van der Waals surface area contributed by atoms with E-state index >= 15 is 0 Å². The van der Waals surface area contributed by atoms with Gasteiger partial charge in [0.2, 0.25) is 17.7 Å². The predicted molar refractivity (Wildman–Crippen MR) is 93.5 cm³/mol. The number of aromatic nitrogens is 2. The van der Waals surface area contributed by atoms with Crippen LogP contribution in [0, 0.1) is 0 Å². The minimum absolute atomic E-state index is 0.00274. The molecule has 28 heavy (non-hydrogen) atoms. The summed E-state index contributed by atoms with van der Waals surface area (Å²) in [5.74, 6) is -3.94. The van der Waals surface area contributed by atoms with Gasteiger partial charge in [0.05, 0.1) is 25.6 Å². The molecule has 0 saturated carbocycles. The number of aliphatic hydroxyl groups is 2. The molecule has 1 rings (SSSR count). The van der Waals surface area contributed by atoms with E-state index in [2.05, 4.69) is 20.6 Å². The van der Waals surface area contributed by atoms with Crippen LogP contribution >= 0.6 is 0 Å². The molecule has 0 aliphatic carbocycles. The number of nitrogens with two attached hydrogens (primary N) is 1. The number of amides is 3. The molecular weight excluding hydrogens is 376 g/mol. The molecule has 4 atom stereocenters. The van der Waals surface area contributed by atoms with Crippen LogP contribution in [0.4, 0.5) is 0 Å². The average Bonchev–Trinajstić information content (AvgIpc) is 3.15. The monoisotopic (exact) mass is 400 g/mol. The third kappa shape index (κ3) is 6.94. The number of nitrogens with one attached hydrogen (secondary N) is 4. The highest BCUT2D eigenvalue weighted by molar-refractivity contribution is 5.93. The number of carboxylic acid groups (broad SMARTS) is 1. The van der Waals surface area contributed by atoms with E-state index in [1.165, 1.54) is 12.5 Å². The molecule has 0 bridgehead atoms. The number of hydrogen-bond donors (Lipinski definition) is 8.